The summed E-state index contributed by atoms with van der Waals surface area (Å²) < 4.78 is 9.94. The van der Waals surface area contributed by atoms with Crippen molar-refractivity contribution in [2.45, 2.75) is 20.3 Å². The number of ether oxygens (including phenoxy) is 2. The Bertz CT molecular complexity index is 374. The fourth-order valence-corrected chi connectivity index (χ4v) is 1.51. The van der Waals surface area contributed by atoms with Crippen LogP contribution in [0.3, 0.4) is 0 Å². The standard InChI is InChI=1S/C12H17NO3/c1-12(2,11(14)16-4)8-9-10(15-3)6-5-7-13-9/h5-7H,8H2,1-4H3. The van der Waals surface area contributed by atoms with Crippen molar-refractivity contribution < 1.29 is 14.3 Å². The number of nitrogens with zero attached hydrogens (tertiary/aromatic N) is 1. The topological polar surface area (TPSA) is 48.4 Å². The van der Waals surface area contributed by atoms with Crippen molar-refractivity contribution in [2.24, 2.45) is 5.41 Å². The van der Waals surface area contributed by atoms with Crippen LogP contribution in [0.5, 0.6) is 5.75 Å². The number of rotatable bonds is 4. The minimum atomic E-state index is -0.601. The molecule has 0 saturated carbocycles. The van der Waals surface area contributed by atoms with Gasteiger partial charge in [0.1, 0.15) is 5.75 Å². The third kappa shape index (κ3) is 2.72. The summed E-state index contributed by atoms with van der Waals surface area (Å²) in [4.78, 5) is 15.8. The second kappa shape index (κ2) is 4.96. The fraction of sp³-hybridized carbons (Fsp3) is 0.500. The first kappa shape index (κ1) is 12.5. The van der Waals surface area contributed by atoms with Crippen molar-refractivity contribution >= 4 is 5.97 Å². The lowest BCUT2D eigenvalue weighted by atomic mass is 9.87. The summed E-state index contributed by atoms with van der Waals surface area (Å²) in [5, 5.41) is 0. The molecule has 4 heteroatoms. The Morgan fingerprint density at radius 1 is 1.44 bits per heavy atom. The monoisotopic (exact) mass is 223 g/mol. The van der Waals surface area contributed by atoms with Gasteiger partial charge in [-0.05, 0) is 26.0 Å². The van der Waals surface area contributed by atoms with Crippen molar-refractivity contribution in [1.82, 2.24) is 4.98 Å². The van der Waals surface area contributed by atoms with E-state index in [0.29, 0.717) is 12.2 Å². The van der Waals surface area contributed by atoms with Crippen molar-refractivity contribution in [3.05, 3.63) is 24.0 Å². The van der Waals surface area contributed by atoms with Crippen LogP contribution in [0, 0.1) is 5.41 Å². The van der Waals surface area contributed by atoms with Crippen LogP contribution in [-0.4, -0.2) is 25.2 Å². The van der Waals surface area contributed by atoms with Gasteiger partial charge in [0.15, 0.2) is 0 Å². The second-order valence-corrected chi connectivity index (χ2v) is 4.20. The minimum Gasteiger partial charge on any atom is -0.495 e. The van der Waals surface area contributed by atoms with Gasteiger partial charge in [0, 0.05) is 12.6 Å². The summed E-state index contributed by atoms with van der Waals surface area (Å²) >= 11 is 0. The second-order valence-electron chi connectivity index (χ2n) is 4.20. The van der Waals surface area contributed by atoms with E-state index in [2.05, 4.69) is 4.98 Å². The number of carbonyl (C=O) groups is 1. The van der Waals surface area contributed by atoms with Gasteiger partial charge in [0.05, 0.1) is 25.3 Å². The lowest BCUT2D eigenvalue weighted by Gasteiger charge is -2.21. The van der Waals surface area contributed by atoms with E-state index in [-0.39, 0.29) is 5.97 Å². The largest absolute Gasteiger partial charge is 0.495 e. The molecule has 0 aliphatic carbocycles. The Labute approximate surface area is 95.6 Å². The molecule has 1 aromatic rings. The molecule has 0 fully saturated rings. The van der Waals surface area contributed by atoms with Gasteiger partial charge in [-0.25, -0.2) is 0 Å². The van der Waals surface area contributed by atoms with Gasteiger partial charge in [0.25, 0.3) is 0 Å². The van der Waals surface area contributed by atoms with Crippen molar-refractivity contribution in [1.29, 1.82) is 0 Å². The quantitative estimate of drug-likeness (QED) is 0.731. The van der Waals surface area contributed by atoms with Crippen molar-refractivity contribution in [2.75, 3.05) is 14.2 Å². The molecule has 88 valence electrons. The summed E-state index contributed by atoms with van der Waals surface area (Å²) in [6, 6.07) is 3.63. The SMILES string of the molecule is COC(=O)C(C)(C)Cc1ncccc1OC. The molecule has 1 rings (SSSR count). The zero-order valence-electron chi connectivity index (χ0n) is 10.1. The zero-order valence-corrected chi connectivity index (χ0v) is 10.1. The van der Waals surface area contributed by atoms with Crippen LogP contribution in [-0.2, 0) is 16.0 Å². The summed E-state index contributed by atoms with van der Waals surface area (Å²) in [5.41, 5.74) is 0.163. The van der Waals surface area contributed by atoms with Crippen LogP contribution in [0.25, 0.3) is 0 Å². The number of hydrogen-bond acceptors (Lipinski definition) is 4. The molecule has 16 heavy (non-hydrogen) atoms. The van der Waals surface area contributed by atoms with Gasteiger partial charge in [0.2, 0.25) is 0 Å². The van der Waals surface area contributed by atoms with Crippen LogP contribution < -0.4 is 4.74 Å². The van der Waals surface area contributed by atoms with E-state index in [1.165, 1.54) is 7.11 Å². The molecule has 1 aromatic heterocycles. The zero-order chi connectivity index (χ0) is 12.2. The molecular weight excluding hydrogens is 206 g/mol. The molecule has 0 aliphatic rings. The molecule has 0 spiro atoms. The average molecular weight is 223 g/mol. The van der Waals surface area contributed by atoms with E-state index < -0.39 is 5.41 Å². The van der Waals surface area contributed by atoms with Crippen LogP contribution in [0.15, 0.2) is 18.3 Å². The maximum absolute atomic E-state index is 11.5. The van der Waals surface area contributed by atoms with E-state index in [9.17, 15) is 4.79 Å². The van der Waals surface area contributed by atoms with Gasteiger partial charge in [-0.3, -0.25) is 9.78 Å². The number of hydrogen-bond donors (Lipinski definition) is 0. The maximum atomic E-state index is 11.5. The highest BCUT2D eigenvalue weighted by Crippen LogP contribution is 2.27. The molecule has 0 N–H and O–H groups in total. The molecule has 0 atom stereocenters. The number of methoxy groups -OCH3 is 2. The summed E-state index contributed by atoms with van der Waals surface area (Å²) in [5.74, 6) is 0.444. The minimum absolute atomic E-state index is 0.250. The molecule has 0 aromatic carbocycles. The van der Waals surface area contributed by atoms with Crippen LogP contribution in [0.1, 0.15) is 19.5 Å². The molecule has 0 saturated heterocycles. The van der Waals surface area contributed by atoms with Crippen LogP contribution >= 0.6 is 0 Å². The average Bonchev–Trinajstić information content (AvgIpc) is 2.28. The summed E-state index contributed by atoms with van der Waals surface area (Å²) in [7, 11) is 2.98. The third-order valence-corrected chi connectivity index (χ3v) is 2.42. The number of esters is 1. The Balaban J connectivity index is 2.91. The van der Waals surface area contributed by atoms with E-state index in [0.717, 1.165) is 5.69 Å². The van der Waals surface area contributed by atoms with E-state index >= 15 is 0 Å². The van der Waals surface area contributed by atoms with Gasteiger partial charge in [-0.2, -0.15) is 0 Å². The fourth-order valence-electron chi connectivity index (χ4n) is 1.51. The summed E-state index contributed by atoms with van der Waals surface area (Å²) in [6.45, 7) is 3.65. The number of pyridine rings is 1. The van der Waals surface area contributed by atoms with Gasteiger partial charge in [-0.15, -0.1) is 0 Å². The van der Waals surface area contributed by atoms with E-state index in [4.69, 9.17) is 9.47 Å². The lowest BCUT2D eigenvalue weighted by molar-refractivity contribution is -0.150. The van der Waals surface area contributed by atoms with Gasteiger partial charge < -0.3 is 9.47 Å². The highest BCUT2D eigenvalue weighted by Gasteiger charge is 2.30. The molecule has 0 radical (unpaired) electrons. The highest BCUT2D eigenvalue weighted by molar-refractivity contribution is 5.76. The van der Waals surface area contributed by atoms with Crippen LogP contribution in [0.2, 0.25) is 0 Å². The summed E-state index contributed by atoms with van der Waals surface area (Å²) in [6.07, 6.45) is 2.18. The Morgan fingerprint density at radius 2 is 2.12 bits per heavy atom. The molecule has 0 aliphatic heterocycles. The first-order valence-corrected chi connectivity index (χ1v) is 5.07. The maximum Gasteiger partial charge on any atom is 0.311 e. The predicted octanol–water partition coefficient (Wildman–Crippen LogP) is 1.83. The van der Waals surface area contributed by atoms with Gasteiger partial charge >= 0.3 is 5.97 Å². The lowest BCUT2D eigenvalue weighted by Crippen LogP contribution is -2.28. The first-order valence-electron chi connectivity index (χ1n) is 5.07. The molecule has 4 nitrogen and oxygen atoms in total. The first-order chi connectivity index (χ1) is 7.51. The normalized spacial score (nSPS) is 11.0. The predicted molar refractivity (Wildman–Crippen MR) is 60.3 cm³/mol. The van der Waals surface area contributed by atoms with E-state index in [1.54, 1.807) is 19.4 Å². The molecular formula is C12H17NO3. The Kier molecular flexibility index (Phi) is 3.88. The Morgan fingerprint density at radius 3 is 2.69 bits per heavy atom. The molecule has 0 amide bonds. The highest BCUT2D eigenvalue weighted by atomic mass is 16.5. The smallest absolute Gasteiger partial charge is 0.311 e. The molecule has 1 heterocycles. The van der Waals surface area contributed by atoms with Gasteiger partial charge in [-0.1, -0.05) is 0 Å². The third-order valence-electron chi connectivity index (χ3n) is 2.42. The van der Waals surface area contributed by atoms with Crippen molar-refractivity contribution in [3.8, 4) is 5.75 Å². The van der Waals surface area contributed by atoms with E-state index in [1.807, 2.05) is 19.9 Å². The number of carbonyl (C=O) groups excluding carboxylic acids is 1. The molecule has 0 bridgehead atoms. The van der Waals surface area contributed by atoms with Crippen LogP contribution in [0.4, 0.5) is 0 Å². The molecule has 0 unspecified atom stereocenters. The number of aromatic nitrogens is 1. The Hall–Kier alpha value is -1.58. The van der Waals surface area contributed by atoms with Crippen molar-refractivity contribution in [3.63, 3.8) is 0 Å².